The zero-order chi connectivity index (χ0) is 29.1. The summed E-state index contributed by atoms with van der Waals surface area (Å²) in [5.41, 5.74) is 2.86. The number of thiazole rings is 1. The van der Waals surface area contributed by atoms with Crippen LogP contribution in [-0.2, 0) is 9.53 Å². The van der Waals surface area contributed by atoms with Gasteiger partial charge in [0.15, 0.2) is 4.80 Å². The molecule has 0 radical (unpaired) electrons. The van der Waals surface area contributed by atoms with Crippen LogP contribution in [-0.4, -0.2) is 23.8 Å². The fourth-order valence-electron chi connectivity index (χ4n) is 4.50. The zero-order valence-corrected chi connectivity index (χ0v) is 27.7. The lowest BCUT2D eigenvalue weighted by Gasteiger charge is -2.25. The third kappa shape index (κ3) is 6.23. The first-order chi connectivity index (χ1) is 19.8. The predicted molar refractivity (Wildman–Crippen MR) is 180 cm³/mol. The Labute approximate surface area is 273 Å². The van der Waals surface area contributed by atoms with Gasteiger partial charge >= 0.3 is 5.97 Å². The quantitative estimate of drug-likeness (QED) is 0.118. The van der Waals surface area contributed by atoms with Gasteiger partial charge in [0, 0.05) is 10.6 Å². The number of carbonyl (C=O) groups excluding carboxylic acids is 1. The Bertz CT molecular complexity index is 1820. The summed E-state index contributed by atoms with van der Waals surface area (Å²) in [5, 5.41) is 0.552. The van der Waals surface area contributed by atoms with Crippen molar-refractivity contribution in [3.8, 4) is 5.75 Å². The molecule has 0 spiro atoms. The Morgan fingerprint density at radius 1 is 1.12 bits per heavy atom. The van der Waals surface area contributed by atoms with E-state index in [1.54, 1.807) is 29.7 Å². The summed E-state index contributed by atoms with van der Waals surface area (Å²) in [5.74, 6) is 0.252. The van der Waals surface area contributed by atoms with E-state index in [0.29, 0.717) is 32.2 Å². The van der Waals surface area contributed by atoms with Crippen molar-refractivity contribution >= 4 is 85.9 Å². The fourth-order valence-corrected chi connectivity index (χ4v) is 7.75. The largest absolute Gasteiger partial charge is 0.487 e. The van der Waals surface area contributed by atoms with Crippen LogP contribution in [0.3, 0.4) is 0 Å². The normalized spacial score (nSPS) is 14.8. The average Bonchev–Trinajstić information content (AvgIpc) is 3.27. The molecule has 1 atom stereocenters. The summed E-state index contributed by atoms with van der Waals surface area (Å²) in [6, 6.07) is 19.8. The number of hydrogen-bond acceptors (Lipinski definition) is 6. The first-order valence-corrected chi connectivity index (χ1v) is 15.9. The van der Waals surface area contributed by atoms with Crippen LogP contribution in [0.5, 0.6) is 5.75 Å². The number of carbonyl (C=O) groups is 1. The summed E-state index contributed by atoms with van der Waals surface area (Å²) in [7, 11) is 0. The molecular formula is C31H23ClI2N2O4S. The van der Waals surface area contributed by atoms with Gasteiger partial charge in [-0.05, 0) is 93.6 Å². The minimum atomic E-state index is -0.755. The maximum Gasteiger partial charge on any atom is 0.338 e. The van der Waals surface area contributed by atoms with E-state index >= 15 is 0 Å². The molecule has 1 aromatic heterocycles. The molecule has 2 heterocycles. The second kappa shape index (κ2) is 13.1. The molecule has 0 saturated heterocycles. The Morgan fingerprint density at radius 2 is 1.80 bits per heavy atom. The van der Waals surface area contributed by atoms with Gasteiger partial charge in [-0.25, -0.2) is 9.79 Å². The van der Waals surface area contributed by atoms with E-state index in [9.17, 15) is 9.59 Å². The van der Waals surface area contributed by atoms with E-state index in [0.717, 1.165) is 29.6 Å². The van der Waals surface area contributed by atoms with Gasteiger partial charge in [-0.1, -0.05) is 78.1 Å². The highest BCUT2D eigenvalue weighted by atomic mass is 127. The number of halogens is 3. The van der Waals surface area contributed by atoms with E-state index in [1.165, 1.54) is 11.3 Å². The number of hydrogen-bond donors (Lipinski definition) is 0. The third-order valence-electron chi connectivity index (χ3n) is 6.22. The maximum absolute atomic E-state index is 14.1. The molecule has 1 aliphatic rings. The zero-order valence-electron chi connectivity index (χ0n) is 21.8. The standard InChI is InChI=1S/C31H23ClI2N2O4S/c1-3-14-40-28-22(33)15-18(16-23(28)34)17-24-29(37)36-27(20-10-12-21(32)13-11-20)25(30(38)39-4-2)26(35-31(36)41-24)19-8-6-5-7-9-19/h3,5-13,15-17,27H,1,4,14H2,2H3/b24-17-. The van der Waals surface area contributed by atoms with Crippen LogP contribution in [0, 0.1) is 7.14 Å². The molecular weight excluding hydrogens is 786 g/mol. The molecule has 0 aliphatic carbocycles. The van der Waals surface area contributed by atoms with Crippen molar-refractivity contribution in [2.24, 2.45) is 4.99 Å². The number of fused-ring (bicyclic) bond motifs is 1. The number of esters is 1. The summed E-state index contributed by atoms with van der Waals surface area (Å²) in [4.78, 5) is 33.0. The molecule has 0 fully saturated rings. The molecule has 1 aliphatic heterocycles. The third-order valence-corrected chi connectivity index (χ3v) is 9.06. The molecule has 0 saturated carbocycles. The van der Waals surface area contributed by atoms with E-state index in [-0.39, 0.29) is 12.2 Å². The molecule has 10 heteroatoms. The van der Waals surface area contributed by atoms with Crippen LogP contribution in [0.1, 0.15) is 29.7 Å². The highest BCUT2D eigenvalue weighted by molar-refractivity contribution is 14.1. The number of benzene rings is 3. The minimum Gasteiger partial charge on any atom is -0.487 e. The van der Waals surface area contributed by atoms with Gasteiger partial charge < -0.3 is 9.47 Å². The first kappa shape index (κ1) is 29.7. The first-order valence-electron chi connectivity index (χ1n) is 12.6. The summed E-state index contributed by atoms with van der Waals surface area (Å²) >= 11 is 11.9. The lowest BCUT2D eigenvalue weighted by Crippen LogP contribution is -2.40. The molecule has 0 amide bonds. The lowest BCUT2D eigenvalue weighted by molar-refractivity contribution is -0.138. The van der Waals surface area contributed by atoms with Crippen molar-refractivity contribution in [3.63, 3.8) is 0 Å². The van der Waals surface area contributed by atoms with Crippen molar-refractivity contribution in [2.75, 3.05) is 13.2 Å². The minimum absolute atomic E-state index is 0.186. The number of nitrogens with zero attached hydrogens (tertiary/aromatic N) is 2. The van der Waals surface area contributed by atoms with E-state index in [1.807, 2.05) is 60.7 Å². The predicted octanol–water partition coefficient (Wildman–Crippen LogP) is 6.36. The molecule has 208 valence electrons. The van der Waals surface area contributed by atoms with Gasteiger partial charge in [-0.2, -0.15) is 0 Å². The molecule has 3 aromatic carbocycles. The van der Waals surface area contributed by atoms with Crippen molar-refractivity contribution < 1.29 is 14.3 Å². The molecule has 6 nitrogen and oxygen atoms in total. The Morgan fingerprint density at radius 3 is 2.44 bits per heavy atom. The second-order valence-electron chi connectivity index (χ2n) is 8.90. The van der Waals surface area contributed by atoms with Crippen molar-refractivity contribution in [2.45, 2.75) is 13.0 Å². The van der Waals surface area contributed by atoms with Crippen molar-refractivity contribution in [1.29, 1.82) is 0 Å². The molecule has 5 rings (SSSR count). The Kier molecular flexibility index (Phi) is 9.47. The number of ether oxygens (including phenoxy) is 2. The smallest absolute Gasteiger partial charge is 0.338 e. The van der Waals surface area contributed by atoms with Gasteiger partial charge in [0.25, 0.3) is 5.56 Å². The van der Waals surface area contributed by atoms with Gasteiger partial charge in [-0.15, -0.1) is 0 Å². The number of aromatic nitrogens is 1. The van der Waals surface area contributed by atoms with Crippen molar-refractivity contribution in [1.82, 2.24) is 4.57 Å². The van der Waals surface area contributed by atoms with Gasteiger partial charge in [0.1, 0.15) is 12.4 Å². The molecule has 4 aromatic rings. The van der Waals surface area contributed by atoms with Crippen LogP contribution in [0.4, 0.5) is 0 Å². The maximum atomic E-state index is 14.1. The van der Waals surface area contributed by atoms with Crippen molar-refractivity contribution in [3.05, 3.63) is 133 Å². The van der Waals surface area contributed by atoms with Gasteiger partial charge in [-0.3, -0.25) is 9.36 Å². The second-order valence-corrected chi connectivity index (χ2v) is 12.7. The van der Waals surface area contributed by atoms with Crippen LogP contribution >= 0.6 is 68.1 Å². The lowest BCUT2D eigenvalue weighted by atomic mass is 9.93. The van der Waals surface area contributed by atoms with Crippen LogP contribution in [0.25, 0.3) is 11.8 Å². The van der Waals surface area contributed by atoms with Gasteiger partial charge in [0.2, 0.25) is 0 Å². The van der Waals surface area contributed by atoms with Crippen LogP contribution in [0.15, 0.2) is 94.7 Å². The molecule has 41 heavy (non-hydrogen) atoms. The van der Waals surface area contributed by atoms with E-state index < -0.39 is 12.0 Å². The van der Waals surface area contributed by atoms with E-state index in [2.05, 4.69) is 51.8 Å². The summed E-state index contributed by atoms with van der Waals surface area (Å²) in [6.07, 6.45) is 3.55. The number of rotatable bonds is 8. The Balaban J connectivity index is 1.76. The Hall–Kier alpha value is -2.74. The molecule has 0 N–H and O–H groups in total. The monoisotopic (exact) mass is 808 g/mol. The summed E-state index contributed by atoms with van der Waals surface area (Å²) in [6.45, 7) is 6.06. The topological polar surface area (TPSA) is 69.9 Å². The van der Waals surface area contributed by atoms with Gasteiger partial charge in [0.05, 0.1) is 35.6 Å². The van der Waals surface area contributed by atoms with E-state index in [4.69, 9.17) is 26.1 Å². The van der Waals surface area contributed by atoms with Crippen LogP contribution in [0.2, 0.25) is 5.02 Å². The molecule has 1 unspecified atom stereocenters. The highest BCUT2D eigenvalue weighted by Gasteiger charge is 2.35. The highest BCUT2D eigenvalue weighted by Crippen LogP contribution is 2.35. The SMILES string of the molecule is C=CCOc1c(I)cc(/C=c2\sc3n(c2=O)C(c2ccc(Cl)cc2)C(C(=O)OCC)=C(c2ccccc2)N=3)cc1I. The molecule has 0 bridgehead atoms. The average molecular weight is 809 g/mol. The van der Waals surface area contributed by atoms with Crippen LogP contribution < -0.4 is 19.6 Å². The summed E-state index contributed by atoms with van der Waals surface area (Å²) < 4.78 is 15.2. The fraction of sp³-hybridized carbons (Fsp3) is 0.129.